The molecule has 3 rings (SSSR count). The summed E-state index contributed by atoms with van der Waals surface area (Å²) >= 11 is 3.30. The highest BCUT2D eigenvalue weighted by Gasteiger charge is 2.19. The van der Waals surface area contributed by atoms with Crippen LogP contribution in [0.15, 0.2) is 46.1 Å². The molecule has 0 unspecified atom stereocenters. The summed E-state index contributed by atoms with van der Waals surface area (Å²) in [5, 5.41) is 5.01. The summed E-state index contributed by atoms with van der Waals surface area (Å²) in [5.74, 6) is 1.94. The average molecular weight is 331 g/mol. The molecule has 4 nitrogen and oxygen atoms in total. The summed E-state index contributed by atoms with van der Waals surface area (Å²) in [6, 6.07) is 10.0. The van der Waals surface area contributed by atoms with Gasteiger partial charge in [0.05, 0.1) is 15.7 Å². The van der Waals surface area contributed by atoms with Gasteiger partial charge in [-0.1, -0.05) is 43.8 Å². The van der Waals surface area contributed by atoms with Crippen molar-refractivity contribution in [1.82, 2.24) is 15.1 Å². The molecule has 0 amide bonds. The SMILES string of the molecule is CC(C)(C)c1ccc(-c2nc(CSc3ccccn3)no2)s1. The third-order valence-electron chi connectivity index (χ3n) is 3.01. The number of nitrogens with zero attached hydrogens (tertiary/aromatic N) is 3. The maximum Gasteiger partial charge on any atom is 0.268 e. The zero-order chi connectivity index (χ0) is 15.6. The van der Waals surface area contributed by atoms with E-state index in [1.807, 2.05) is 18.2 Å². The molecule has 6 heteroatoms. The standard InChI is InChI=1S/C16H17N3OS2/c1-16(2,3)12-8-7-11(22-12)15-18-13(19-20-15)10-21-14-6-4-5-9-17-14/h4-9H,10H2,1-3H3. The molecule has 22 heavy (non-hydrogen) atoms. The molecule has 0 bridgehead atoms. The first-order valence-electron chi connectivity index (χ1n) is 6.99. The topological polar surface area (TPSA) is 51.8 Å². The maximum absolute atomic E-state index is 5.38. The van der Waals surface area contributed by atoms with Crippen molar-refractivity contribution in [3.63, 3.8) is 0 Å². The Morgan fingerprint density at radius 1 is 1.18 bits per heavy atom. The zero-order valence-electron chi connectivity index (χ0n) is 12.7. The lowest BCUT2D eigenvalue weighted by atomic mass is 9.95. The fourth-order valence-corrected chi connectivity index (χ4v) is 3.53. The summed E-state index contributed by atoms with van der Waals surface area (Å²) in [7, 11) is 0. The van der Waals surface area contributed by atoms with Gasteiger partial charge >= 0.3 is 0 Å². The lowest BCUT2D eigenvalue weighted by molar-refractivity contribution is 0.426. The predicted molar refractivity (Wildman–Crippen MR) is 90.1 cm³/mol. The molecule has 114 valence electrons. The van der Waals surface area contributed by atoms with E-state index in [-0.39, 0.29) is 5.41 Å². The van der Waals surface area contributed by atoms with Crippen molar-refractivity contribution in [2.45, 2.75) is 37.0 Å². The summed E-state index contributed by atoms with van der Waals surface area (Å²) in [5.41, 5.74) is 0.139. The van der Waals surface area contributed by atoms with Crippen molar-refractivity contribution in [2.24, 2.45) is 0 Å². The second kappa shape index (κ2) is 6.22. The van der Waals surface area contributed by atoms with Crippen LogP contribution in [0.2, 0.25) is 0 Å². The van der Waals surface area contributed by atoms with Crippen LogP contribution < -0.4 is 0 Å². The number of thioether (sulfide) groups is 1. The average Bonchev–Trinajstić information content (AvgIpc) is 3.14. The summed E-state index contributed by atoms with van der Waals surface area (Å²) in [6.45, 7) is 6.60. The van der Waals surface area contributed by atoms with Crippen LogP contribution in [-0.4, -0.2) is 15.1 Å². The van der Waals surface area contributed by atoms with Crippen molar-refractivity contribution in [2.75, 3.05) is 0 Å². The molecular formula is C16H17N3OS2. The first-order valence-corrected chi connectivity index (χ1v) is 8.80. The number of aromatic nitrogens is 3. The van der Waals surface area contributed by atoms with Gasteiger partial charge in [0.1, 0.15) is 0 Å². The van der Waals surface area contributed by atoms with Gasteiger partial charge in [0.15, 0.2) is 5.82 Å². The Bertz CT molecular complexity index is 744. The molecule has 0 aromatic carbocycles. The molecule has 0 spiro atoms. The highest BCUT2D eigenvalue weighted by molar-refractivity contribution is 7.98. The quantitative estimate of drug-likeness (QED) is 0.644. The molecule has 3 aromatic rings. The minimum absolute atomic E-state index is 0.139. The Kier molecular flexibility index (Phi) is 4.31. The minimum Gasteiger partial charge on any atom is -0.333 e. The molecule has 3 aromatic heterocycles. The third kappa shape index (κ3) is 3.56. The zero-order valence-corrected chi connectivity index (χ0v) is 14.4. The fourth-order valence-electron chi connectivity index (χ4n) is 1.84. The Morgan fingerprint density at radius 3 is 2.73 bits per heavy atom. The lowest BCUT2D eigenvalue weighted by Crippen LogP contribution is -2.07. The largest absolute Gasteiger partial charge is 0.333 e. The normalized spacial score (nSPS) is 11.8. The van der Waals surface area contributed by atoms with Crippen LogP contribution in [0.5, 0.6) is 0 Å². The van der Waals surface area contributed by atoms with E-state index in [9.17, 15) is 0 Å². The molecule has 0 aliphatic rings. The number of hydrogen-bond donors (Lipinski definition) is 0. The van der Waals surface area contributed by atoms with Gasteiger partial charge in [-0.25, -0.2) is 4.98 Å². The Morgan fingerprint density at radius 2 is 2.05 bits per heavy atom. The Balaban J connectivity index is 1.70. The van der Waals surface area contributed by atoms with Gasteiger partial charge in [-0.15, -0.1) is 11.3 Å². The van der Waals surface area contributed by atoms with Crippen LogP contribution in [0.25, 0.3) is 10.8 Å². The maximum atomic E-state index is 5.38. The number of thiophene rings is 1. The monoisotopic (exact) mass is 331 g/mol. The van der Waals surface area contributed by atoms with Crippen molar-refractivity contribution in [1.29, 1.82) is 0 Å². The van der Waals surface area contributed by atoms with Crippen LogP contribution in [-0.2, 0) is 11.2 Å². The van der Waals surface area contributed by atoms with Gasteiger partial charge in [0, 0.05) is 11.1 Å². The number of pyridine rings is 1. The number of hydrogen-bond acceptors (Lipinski definition) is 6. The second-order valence-corrected chi connectivity index (χ2v) is 7.97. The number of rotatable bonds is 4. The van der Waals surface area contributed by atoms with Gasteiger partial charge in [-0.3, -0.25) is 0 Å². The van der Waals surface area contributed by atoms with Gasteiger partial charge in [-0.05, 0) is 29.7 Å². The summed E-state index contributed by atoms with van der Waals surface area (Å²) in [4.78, 5) is 11.1. The van der Waals surface area contributed by atoms with E-state index >= 15 is 0 Å². The molecular weight excluding hydrogens is 314 g/mol. The molecule has 0 radical (unpaired) electrons. The highest BCUT2D eigenvalue weighted by Crippen LogP contribution is 2.34. The van der Waals surface area contributed by atoms with Gasteiger partial charge < -0.3 is 4.52 Å². The van der Waals surface area contributed by atoms with E-state index in [1.54, 1.807) is 29.3 Å². The fraction of sp³-hybridized carbons (Fsp3) is 0.312. The van der Waals surface area contributed by atoms with Crippen LogP contribution in [0, 0.1) is 0 Å². The minimum atomic E-state index is 0.139. The predicted octanol–water partition coefficient (Wildman–Crippen LogP) is 4.78. The van der Waals surface area contributed by atoms with E-state index in [2.05, 4.69) is 48.0 Å². The summed E-state index contributed by atoms with van der Waals surface area (Å²) < 4.78 is 5.38. The van der Waals surface area contributed by atoms with Crippen LogP contribution in [0.3, 0.4) is 0 Å². The lowest BCUT2D eigenvalue weighted by Gasteiger charge is -2.14. The Labute approximate surface area is 138 Å². The highest BCUT2D eigenvalue weighted by atomic mass is 32.2. The van der Waals surface area contributed by atoms with Crippen molar-refractivity contribution in [3.8, 4) is 10.8 Å². The van der Waals surface area contributed by atoms with E-state index in [0.717, 1.165) is 9.90 Å². The van der Waals surface area contributed by atoms with E-state index in [4.69, 9.17) is 4.52 Å². The van der Waals surface area contributed by atoms with Crippen LogP contribution >= 0.6 is 23.1 Å². The first-order chi connectivity index (χ1) is 10.5. The molecule has 0 fully saturated rings. The van der Waals surface area contributed by atoms with Crippen molar-refractivity contribution < 1.29 is 4.52 Å². The van der Waals surface area contributed by atoms with Crippen LogP contribution in [0.4, 0.5) is 0 Å². The van der Waals surface area contributed by atoms with Crippen LogP contribution in [0.1, 0.15) is 31.5 Å². The molecule has 0 aliphatic heterocycles. The smallest absolute Gasteiger partial charge is 0.268 e. The van der Waals surface area contributed by atoms with Gasteiger partial charge in [-0.2, -0.15) is 4.98 Å². The molecule has 0 N–H and O–H groups in total. The molecule has 0 saturated carbocycles. The van der Waals surface area contributed by atoms with E-state index in [0.29, 0.717) is 17.5 Å². The van der Waals surface area contributed by atoms with E-state index in [1.165, 1.54) is 4.88 Å². The Hall–Kier alpha value is -1.66. The van der Waals surface area contributed by atoms with Crippen molar-refractivity contribution in [3.05, 3.63) is 47.2 Å². The summed E-state index contributed by atoms with van der Waals surface area (Å²) in [6.07, 6.45) is 1.78. The molecule has 0 atom stereocenters. The van der Waals surface area contributed by atoms with Gasteiger partial charge in [0.2, 0.25) is 0 Å². The first kappa shape index (κ1) is 15.2. The second-order valence-electron chi connectivity index (χ2n) is 5.89. The van der Waals surface area contributed by atoms with E-state index < -0.39 is 0 Å². The molecule has 0 saturated heterocycles. The third-order valence-corrected chi connectivity index (χ3v) is 5.45. The van der Waals surface area contributed by atoms with Gasteiger partial charge in [0.25, 0.3) is 5.89 Å². The molecule has 3 heterocycles. The molecule has 0 aliphatic carbocycles. The van der Waals surface area contributed by atoms with Crippen molar-refractivity contribution >= 4 is 23.1 Å².